The van der Waals surface area contributed by atoms with Crippen molar-refractivity contribution in [3.8, 4) is 0 Å². The number of rotatable bonds is 7. The van der Waals surface area contributed by atoms with Crippen molar-refractivity contribution >= 4 is 47.6 Å². The number of halogens is 2. The van der Waals surface area contributed by atoms with Gasteiger partial charge in [-0.15, -0.1) is 0 Å². The van der Waals surface area contributed by atoms with Gasteiger partial charge >= 0.3 is 0 Å². The number of benzene rings is 1. The number of sulfonamides is 1. The lowest BCUT2D eigenvalue weighted by Gasteiger charge is -2.22. The SMILES string of the molecule is CCOCC(NS(=O)(=O)c1c(Br)cc(N)cc1Br)C(C)C. The Bertz CT molecular complexity index is 568. The number of ether oxygens (including phenoxy) is 1. The molecule has 1 atom stereocenters. The predicted molar refractivity (Wildman–Crippen MR) is 91.7 cm³/mol. The number of anilines is 1. The zero-order chi connectivity index (χ0) is 16.2. The standard InChI is InChI=1S/C13H20Br2N2O3S/c1-4-20-7-12(8(2)3)17-21(18,19)13-10(14)5-9(16)6-11(13)15/h5-6,8,12,17H,4,7,16H2,1-3H3. The Morgan fingerprint density at radius 2 is 1.81 bits per heavy atom. The van der Waals surface area contributed by atoms with E-state index in [1.165, 1.54) is 0 Å². The molecule has 0 saturated carbocycles. The van der Waals surface area contributed by atoms with Crippen molar-refractivity contribution in [2.45, 2.75) is 31.7 Å². The van der Waals surface area contributed by atoms with Crippen molar-refractivity contribution in [2.75, 3.05) is 18.9 Å². The molecule has 1 unspecified atom stereocenters. The Kier molecular flexibility index (Phi) is 7.12. The van der Waals surface area contributed by atoms with Gasteiger partial charge in [0.15, 0.2) is 0 Å². The molecule has 8 heteroatoms. The number of hydrogen-bond acceptors (Lipinski definition) is 4. The van der Waals surface area contributed by atoms with Crippen LogP contribution < -0.4 is 10.5 Å². The summed E-state index contributed by atoms with van der Waals surface area (Å²) >= 11 is 6.51. The Morgan fingerprint density at radius 1 is 1.29 bits per heavy atom. The highest BCUT2D eigenvalue weighted by molar-refractivity contribution is 9.11. The molecular weight excluding hydrogens is 424 g/mol. The fourth-order valence-electron chi connectivity index (χ4n) is 1.70. The van der Waals surface area contributed by atoms with Crippen molar-refractivity contribution < 1.29 is 13.2 Å². The monoisotopic (exact) mass is 442 g/mol. The first-order valence-electron chi connectivity index (χ1n) is 6.53. The molecule has 0 aromatic heterocycles. The van der Waals surface area contributed by atoms with Crippen LogP contribution in [0.2, 0.25) is 0 Å². The van der Waals surface area contributed by atoms with Crippen LogP contribution in [-0.4, -0.2) is 27.7 Å². The van der Waals surface area contributed by atoms with Crippen LogP contribution in [0, 0.1) is 5.92 Å². The van der Waals surface area contributed by atoms with Crippen LogP contribution in [0.15, 0.2) is 26.0 Å². The molecule has 0 saturated heterocycles. The molecule has 1 aromatic carbocycles. The molecule has 0 fully saturated rings. The summed E-state index contributed by atoms with van der Waals surface area (Å²) in [4.78, 5) is 0.138. The lowest BCUT2D eigenvalue weighted by Crippen LogP contribution is -2.42. The topological polar surface area (TPSA) is 81.4 Å². The molecule has 0 spiro atoms. The molecule has 0 aliphatic carbocycles. The molecule has 0 bridgehead atoms. The number of nitrogens with two attached hydrogens (primary N) is 1. The fraction of sp³-hybridized carbons (Fsp3) is 0.538. The summed E-state index contributed by atoms with van der Waals surface area (Å²) < 4.78 is 34.1. The normalized spacial score (nSPS) is 13.6. The van der Waals surface area contributed by atoms with Gasteiger partial charge in [0.05, 0.1) is 6.61 Å². The highest BCUT2D eigenvalue weighted by Crippen LogP contribution is 2.32. The maximum atomic E-state index is 12.6. The molecule has 3 N–H and O–H groups in total. The summed E-state index contributed by atoms with van der Waals surface area (Å²) in [5.41, 5.74) is 6.17. The Labute approximate surface area is 142 Å². The fourth-order valence-corrected chi connectivity index (χ4v) is 5.69. The van der Waals surface area contributed by atoms with E-state index in [9.17, 15) is 8.42 Å². The predicted octanol–water partition coefficient (Wildman–Crippen LogP) is 3.13. The molecule has 0 amide bonds. The van der Waals surface area contributed by atoms with Gasteiger partial charge in [0, 0.05) is 27.3 Å². The van der Waals surface area contributed by atoms with Crippen LogP contribution in [0.4, 0.5) is 5.69 Å². The van der Waals surface area contributed by atoms with E-state index in [1.807, 2.05) is 20.8 Å². The largest absolute Gasteiger partial charge is 0.399 e. The van der Waals surface area contributed by atoms with Crippen LogP contribution in [0.3, 0.4) is 0 Å². The van der Waals surface area contributed by atoms with Gasteiger partial charge in [-0.2, -0.15) is 0 Å². The second kappa shape index (κ2) is 7.92. The van der Waals surface area contributed by atoms with Gasteiger partial charge in [-0.3, -0.25) is 0 Å². The summed E-state index contributed by atoms with van der Waals surface area (Å²) in [5.74, 6) is 0.109. The number of hydrogen-bond donors (Lipinski definition) is 2. The molecule has 21 heavy (non-hydrogen) atoms. The number of nitrogen functional groups attached to an aromatic ring is 1. The van der Waals surface area contributed by atoms with E-state index in [4.69, 9.17) is 10.5 Å². The van der Waals surface area contributed by atoms with Gasteiger partial charge in [-0.1, -0.05) is 13.8 Å². The van der Waals surface area contributed by atoms with Crippen LogP contribution in [-0.2, 0) is 14.8 Å². The van der Waals surface area contributed by atoms with Crippen LogP contribution in [0.5, 0.6) is 0 Å². The molecule has 0 aliphatic heterocycles. The first-order valence-corrected chi connectivity index (χ1v) is 9.60. The van der Waals surface area contributed by atoms with Gasteiger partial charge < -0.3 is 10.5 Å². The van der Waals surface area contributed by atoms with Crippen LogP contribution in [0.1, 0.15) is 20.8 Å². The van der Waals surface area contributed by atoms with E-state index in [2.05, 4.69) is 36.6 Å². The Hall–Kier alpha value is -0.150. The lowest BCUT2D eigenvalue weighted by atomic mass is 10.1. The zero-order valence-corrected chi connectivity index (χ0v) is 16.2. The lowest BCUT2D eigenvalue weighted by molar-refractivity contribution is 0.116. The first-order chi connectivity index (χ1) is 9.69. The summed E-state index contributed by atoms with van der Waals surface area (Å²) in [7, 11) is -3.69. The maximum absolute atomic E-state index is 12.6. The minimum Gasteiger partial charge on any atom is -0.399 e. The van der Waals surface area contributed by atoms with Gasteiger partial charge in [0.2, 0.25) is 10.0 Å². The Balaban J connectivity index is 3.11. The first kappa shape index (κ1) is 18.9. The highest BCUT2D eigenvalue weighted by atomic mass is 79.9. The highest BCUT2D eigenvalue weighted by Gasteiger charge is 2.26. The van der Waals surface area contributed by atoms with Crippen LogP contribution >= 0.6 is 31.9 Å². The van der Waals surface area contributed by atoms with Crippen molar-refractivity contribution in [1.29, 1.82) is 0 Å². The van der Waals surface area contributed by atoms with Gasteiger partial charge in [-0.25, -0.2) is 13.1 Å². The molecule has 0 radical (unpaired) electrons. The third-order valence-corrected chi connectivity index (χ3v) is 6.27. The molecule has 120 valence electrons. The van der Waals surface area contributed by atoms with E-state index in [0.29, 0.717) is 27.8 Å². The van der Waals surface area contributed by atoms with E-state index < -0.39 is 10.0 Å². The van der Waals surface area contributed by atoms with E-state index in [-0.39, 0.29) is 16.9 Å². The summed E-state index contributed by atoms with van der Waals surface area (Å²) in [5, 5.41) is 0. The molecule has 5 nitrogen and oxygen atoms in total. The molecular formula is C13H20Br2N2O3S. The molecule has 0 heterocycles. The van der Waals surface area contributed by atoms with Crippen molar-refractivity contribution in [3.05, 3.63) is 21.1 Å². The smallest absolute Gasteiger partial charge is 0.243 e. The quantitative estimate of drug-likeness (QED) is 0.634. The van der Waals surface area contributed by atoms with Gasteiger partial charge in [-0.05, 0) is 56.8 Å². The number of nitrogens with one attached hydrogen (secondary N) is 1. The molecule has 0 aliphatic rings. The molecule has 1 rings (SSSR count). The van der Waals surface area contributed by atoms with Gasteiger partial charge in [0.1, 0.15) is 4.90 Å². The molecule has 1 aromatic rings. The van der Waals surface area contributed by atoms with Crippen LogP contribution in [0.25, 0.3) is 0 Å². The average Bonchev–Trinajstić information content (AvgIpc) is 2.32. The van der Waals surface area contributed by atoms with Crippen molar-refractivity contribution in [2.24, 2.45) is 5.92 Å². The van der Waals surface area contributed by atoms with Crippen molar-refractivity contribution in [3.63, 3.8) is 0 Å². The Morgan fingerprint density at radius 3 is 2.24 bits per heavy atom. The third-order valence-electron chi connectivity index (χ3n) is 2.90. The van der Waals surface area contributed by atoms with E-state index >= 15 is 0 Å². The summed E-state index contributed by atoms with van der Waals surface area (Å²) in [6.07, 6.45) is 0. The maximum Gasteiger partial charge on any atom is 0.243 e. The van der Waals surface area contributed by atoms with Crippen molar-refractivity contribution in [1.82, 2.24) is 4.72 Å². The van der Waals surface area contributed by atoms with Gasteiger partial charge in [0.25, 0.3) is 0 Å². The third kappa shape index (κ3) is 5.21. The minimum absolute atomic E-state index is 0.109. The minimum atomic E-state index is -3.69. The summed E-state index contributed by atoms with van der Waals surface area (Å²) in [6, 6.07) is 2.82. The van der Waals surface area contributed by atoms with E-state index in [0.717, 1.165) is 0 Å². The average molecular weight is 444 g/mol. The second-order valence-corrected chi connectivity index (χ2v) is 8.30. The second-order valence-electron chi connectivity index (χ2n) is 4.94. The van der Waals surface area contributed by atoms with E-state index in [1.54, 1.807) is 12.1 Å². The summed E-state index contributed by atoms with van der Waals surface area (Å²) in [6.45, 7) is 6.63. The zero-order valence-electron chi connectivity index (χ0n) is 12.2.